The quantitative estimate of drug-likeness (QED) is 0.400. The van der Waals surface area contributed by atoms with Crippen molar-refractivity contribution in [1.29, 1.82) is 0 Å². The number of ether oxygens (including phenoxy) is 2. The van der Waals surface area contributed by atoms with Crippen LogP contribution in [0.2, 0.25) is 5.02 Å². The Morgan fingerprint density at radius 1 is 1.00 bits per heavy atom. The van der Waals surface area contributed by atoms with E-state index in [1.165, 1.54) is 40.5 Å². The highest BCUT2D eigenvalue weighted by molar-refractivity contribution is 7.89. The van der Waals surface area contributed by atoms with E-state index in [4.69, 9.17) is 21.1 Å². The van der Waals surface area contributed by atoms with Crippen LogP contribution in [0.5, 0.6) is 5.75 Å². The summed E-state index contributed by atoms with van der Waals surface area (Å²) in [6.45, 7) is 1.09. The fourth-order valence-electron chi connectivity index (χ4n) is 4.23. The third-order valence-corrected chi connectivity index (χ3v) is 8.47. The van der Waals surface area contributed by atoms with Gasteiger partial charge in [0.25, 0.3) is 5.91 Å². The molecule has 1 N–H and O–H groups in total. The molecule has 0 aromatic heterocycles. The smallest absolute Gasteiger partial charge is 0.261 e. The van der Waals surface area contributed by atoms with Crippen molar-refractivity contribution < 1.29 is 27.5 Å². The normalized spacial score (nSPS) is 14.8. The van der Waals surface area contributed by atoms with Crippen LogP contribution >= 0.6 is 11.6 Å². The third-order valence-electron chi connectivity index (χ3n) is 6.30. The van der Waals surface area contributed by atoms with E-state index in [0.717, 1.165) is 5.56 Å². The first kappa shape index (κ1) is 28.6. The van der Waals surface area contributed by atoms with E-state index in [9.17, 15) is 18.0 Å². The summed E-state index contributed by atoms with van der Waals surface area (Å²) >= 11 is 6.03. The molecule has 206 valence electrons. The molecule has 1 atom stereocenters. The number of halogens is 1. The minimum absolute atomic E-state index is 0.135. The second-order valence-electron chi connectivity index (χ2n) is 8.85. The van der Waals surface area contributed by atoms with Gasteiger partial charge in [-0.3, -0.25) is 9.59 Å². The third kappa shape index (κ3) is 7.15. The maximum absolute atomic E-state index is 13.5. The molecule has 9 nitrogen and oxygen atoms in total. The molecule has 1 aliphatic heterocycles. The predicted molar refractivity (Wildman–Crippen MR) is 147 cm³/mol. The number of nitrogens with zero attached hydrogens (tertiary/aromatic N) is 2. The molecule has 1 fully saturated rings. The van der Waals surface area contributed by atoms with Gasteiger partial charge in [-0.2, -0.15) is 4.31 Å². The topological polar surface area (TPSA) is 105 Å². The number of carbonyl (C=O) groups excluding carboxylic acids is 2. The van der Waals surface area contributed by atoms with Crippen molar-refractivity contribution in [3.05, 3.63) is 95.0 Å². The van der Waals surface area contributed by atoms with Crippen molar-refractivity contribution in [2.45, 2.75) is 17.5 Å². The number of rotatable bonds is 10. The van der Waals surface area contributed by atoms with Crippen molar-refractivity contribution in [2.75, 3.05) is 40.0 Å². The fourth-order valence-corrected chi connectivity index (χ4v) is 5.76. The summed E-state index contributed by atoms with van der Waals surface area (Å²) in [7, 11) is -2.13. The molecule has 0 aliphatic carbocycles. The number of hydrogen-bond donors (Lipinski definition) is 1. The summed E-state index contributed by atoms with van der Waals surface area (Å²) in [6.07, 6.45) is 0. The summed E-state index contributed by atoms with van der Waals surface area (Å²) in [5.41, 5.74) is 1.44. The van der Waals surface area contributed by atoms with Gasteiger partial charge >= 0.3 is 0 Å². The van der Waals surface area contributed by atoms with Crippen molar-refractivity contribution in [2.24, 2.45) is 0 Å². The number of likely N-dealkylation sites (N-methyl/N-ethyl adjacent to an activating group) is 1. The molecule has 1 saturated heterocycles. The largest absolute Gasteiger partial charge is 0.484 e. The van der Waals surface area contributed by atoms with Crippen molar-refractivity contribution >= 4 is 33.4 Å². The van der Waals surface area contributed by atoms with Gasteiger partial charge in [-0.05, 0) is 47.5 Å². The Labute approximate surface area is 233 Å². The van der Waals surface area contributed by atoms with Gasteiger partial charge in [-0.1, -0.05) is 54.1 Å². The van der Waals surface area contributed by atoms with Gasteiger partial charge < -0.3 is 19.7 Å². The zero-order valence-corrected chi connectivity index (χ0v) is 23.0. The van der Waals surface area contributed by atoms with Crippen LogP contribution < -0.4 is 10.1 Å². The average molecular weight is 572 g/mol. The van der Waals surface area contributed by atoms with E-state index >= 15 is 0 Å². The lowest BCUT2D eigenvalue weighted by atomic mass is 10.0. The maximum atomic E-state index is 13.5. The standard InChI is InChI=1S/C28H30ClN3O6S/c1-30-28(34)27(22-5-3-2-4-6-22)32(19-21-7-9-23(29)10-8-21)26(33)20-38-24-11-13-25(14-12-24)39(35,36)31-15-17-37-18-16-31/h2-14,27H,15-20H2,1H3,(H,30,34)/t27-/m0/s1. The van der Waals surface area contributed by atoms with E-state index < -0.39 is 22.0 Å². The van der Waals surface area contributed by atoms with Crippen LogP contribution in [0.15, 0.2) is 83.8 Å². The van der Waals surface area contributed by atoms with Crippen molar-refractivity contribution in [3.63, 3.8) is 0 Å². The Balaban J connectivity index is 1.53. The molecule has 39 heavy (non-hydrogen) atoms. The Kier molecular flexibility index (Phi) is 9.58. The molecule has 3 aromatic carbocycles. The summed E-state index contributed by atoms with van der Waals surface area (Å²) in [5.74, 6) is -0.444. The van der Waals surface area contributed by atoms with Crippen LogP contribution in [0.25, 0.3) is 0 Å². The molecule has 3 aromatic rings. The molecule has 0 spiro atoms. The number of benzene rings is 3. The Morgan fingerprint density at radius 2 is 1.64 bits per heavy atom. The van der Waals surface area contributed by atoms with Gasteiger partial charge in [0.15, 0.2) is 6.61 Å². The van der Waals surface area contributed by atoms with Gasteiger partial charge in [0.05, 0.1) is 18.1 Å². The minimum Gasteiger partial charge on any atom is -0.484 e. The van der Waals surface area contributed by atoms with E-state index in [1.807, 2.05) is 6.07 Å². The summed E-state index contributed by atoms with van der Waals surface area (Å²) in [5, 5.41) is 3.21. The number of nitrogens with one attached hydrogen (secondary N) is 1. The van der Waals surface area contributed by atoms with Gasteiger partial charge in [0.1, 0.15) is 11.8 Å². The first-order valence-electron chi connectivity index (χ1n) is 12.4. The molecular weight excluding hydrogens is 542 g/mol. The molecule has 2 amide bonds. The predicted octanol–water partition coefficient (Wildman–Crippen LogP) is 3.26. The van der Waals surface area contributed by atoms with Gasteiger partial charge in [0.2, 0.25) is 15.9 Å². The molecule has 1 aliphatic rings. The lowest BCUT2D eigenvalue weighted by Gasteiger charge is -2.31. The van der Waals surface area contributed by atoms with Crippen molar-refractivity contribution in [3.8, 4) is 5.75 Å². The summed E-state index contributed by atoms with van der Waals surface area (Å²) in [4.78, 5) is 28.1. The van der Waals surface area contributed by atoms with E-state index in [0.29, 0.717) is 42.6 Å². The summed E-state index contributed by atoms with van der Waals surface area (Å²) < 4.78 is 38.1. The molecule has 0 saturated carbocycles. The second-order valence-corrected chi connectivity index (χ2v) is 11.2. The van der Waals surface area contributed by atoms with Gasteiger partial charge in [-0.25, -0.2) is 8.42 Å². The van der Waals surface area contributed by atoms with E-state index in [-0.39, 0.29) is 24.0 Å². The SMILES string of the molecule is CNC(=O)[C@H](c1ccccc1)N(Cc1ccc(Cl)cc1)C(=O)COc1ccc(S(=O)(=O)N2CCOCC2)cc1. The highest BCUT2D eigenvalue weighted by Gasteiger charge is 2.31. The lowest BCUT2D eigenvalue weighted by molar-refractivity contribution is -0.143. The van der Waals surface area contributed by atoms with E-state index in [2.05, 4.69) is 5.32 Å². The molecule has 4 rings (SSSR count). The number of sulfonamides is 1. The first-order chi connectivity index (χ1) is 18.8. The minimum atomic E-state index is -3.65. The number of hydrogen-bond acceptors (Lipinski definition) is 6. The molecule has 11 heteroatoms. The van der Waals surface area contributed by atoms with Crippen LogP contribution in [0, 0.1) is 0 Å². The van der Waals surface area contributed by atoms with Crippen LogP contribution in [0.1, 0.15) is 17.2 Å². The Morgan fingerprint density at radius 3 is 2.26 bits per heavy atom. The molecular formula is C28H30ClN3O6S. The van der Waals surface area contributed by atoms with Gasteiger partial charge in [-0.15, -0.1) is 0 Å². The highest BCUT2D eigenvalue weighted by Crippen LogP contribution is 2.25. The molecule has 0 unspecified atom stereocenters. The monoisotopic (exact) mass is 571 g/mol. The van der Waals surface area contributed by atoms with E-state index in [1.54, 1.807) is 48.5 Å². The van der Waals surface area contributed by atoms with Gasteiger partial charge in [0, 0.05) is 31.7 Å². The molecule has 0 bridgehead atoms. The fraction of sp³-hybridized carbons (Fsp3) is 0.286. The van der Waals surface area contributed by atoms with Crippen LogP contribution in [0.4, 0.5) is 0 Å². The Hall–Kier alpha value is -3.44. The lowest BCUT2D eigenvalue weighted by Crippen LogP contribution is -2.44. The van der Waals surface area contributed by atoms with Crippen LogP contribution in [-0.4, -0.2) is 69.4 Å². The first-order valence-corrected chi connectivity index (χ1v) is 14.2. The van der Waals surface area contributed by atoms with Crippen LogP contribution in [-0.2, 0) is 30.9 Å². The van der Waals surface area contributed by atoms with Crippen molar-refractivity contribution in [1.82, 2.24) is 14.5 Å². The number of morpholine rings is 1. The number of amides is 2. The van der Waals surface area contributed by atoms with Crippen LogP contribution in [0.3, 0.4) is 0 Å². The highest BCUT2D eigenvalue weighted by atomic mass is 35.5. The average Bonchev–Trinajstić information content (AvgIpc) is 2.97. The number of carbonyl (C=O) groups is 2. The second kappa shape index (κ2) is 13.1. The molecule has 1 heterocycles. The Bertz CT molecular complexity index is 1360. The summed E-state index contributed by atoms with van der Waals surface area (Å²) in [6, 6.07) is 21.1. The maximum Gasteiger partial charge on any atom is 0.261 e. The molecule has 0 radical (unpaired) electrons. The zero-order valence-electron chi connectivity index (χ0n) is 21.5. The zero-order chi connectivity index (χ0) is 27.8.